The lowest BCUT2D eigenvalue weighted by Gasteiger charge is -2.27. The highest BCUT2D eigenvalue weighted by atomic mass is 16.2. The van der Waals surface area contributed by atoms with E-state index in [4.69, 9.17) is 5.10 Å². The van der Waals surface area contributed by atoms with Gasteiger partial charge in [-0.2, -0.15) is 5.10 Å². The minimum absolute atomic E-state index is 0.0845. The minimum atomic E-state index is -0.986. The van der Waals surface area contributed by atoms with Gasteiger partial charge in [-0.15, -0.1) is 0 Å². The SMILES string of the molecule is Cc1nn(CCCCCCCCNc2cccc3c2C(=O)N(C2CCC(=O)NC2=O)C3=O)c2cc(C(=O)Nc3cc4[nH]c([C@H]5CCCN5C)cc4cn3)ccc12. The number of nitrogens with one attached hydrogen (secondary N) is 4. The second-order valence-electron chi connectivity index (χ2n) is 15.2. The number of nitrogens with zero attached hydrogens (tertiary/aromatic N) is 5. The highest BCUT2D eigenvalue weighted by Crippen LogP contribution is 2.34. The fourth-order valence-corrected chi connectivity index (χ4v) is 8.42. The Morgan fingerprint density at radius 1 is 0.929 bits per heavy atom. The van der Waals surface area contributed by atoms with Crippen LogP contribution in [0.25, 0.3) is 21.8 Å². The molecule has 5 amide bonds. The van der Waals surface area contributed by atoms with Crippen molar-refractivity contribution in [2.24, 2.45) is 0 Å². The van der Waals surface area contributed by atoms with Gasteiger partial charge in [-0.25, -0.2) is 4.98 Å². The lowest BCUT2D eigenvalue weighted by Crippen LogP contribution is -2.54. The van der Waals surface area contributed by atoms with Crippen LogP contribution in [0, 0.1) is 6.92 Å². The number of rotatable bonds is 14. The van der Waals surface area contributed by atoms with Crippen molar-refractivity contribution < 1.29 is 24.0 Å². The van der Waals surface area contributed by atoms with Crippen molar-refractivity contribution in [2.75, 3.05) is 30.8 Å². The molecular weight excluding hydrogens is 711 g/mol. The van der Waals surface area contributed by atoms with Gasteiger partial charge in [0.1, 0.15) is 11.9 Å². The number of piperidine rings is 1. The van der Waals surface area contributed by atoms with Crippen molar-refractivity contribution in [3.8, 4) is 0 Å². The van der Waals surface area contributed by atoms with Crippen LogP contribution in [0.4, 0.5) is 11.5 Å². The van der Waals surface area contributed by atoms with Gasteiger partial charge < -0.3 is 15.6 Å². The second kappa shape index (κ2) is 15.7. The molecule has 6 heterocycles. The number of pyridine rings is 1. The molecule has 3 aliphatic heterocycles. The number of fused-ring (bicyclic) bond motifs is 3. The number of hydrogen-bond donors (Lipinski definition) is 4. The van der Waals surface area contributed by atoms with Gasteiger partial charge in [-0.05, 0) is 83.0 Å². The van der Waals surface area contributed by atoms with Crippen molar-refractivity contribution in [2.45, 2.75) is 89.8 Å². The Morgan fingerprint density at radius 2 is 1.75 bits per heavy atom. The van der Waals surface area contributed by atoms with E-state index in [0.29, 0.717) is 29.7 Å². The van der Waals surface area contributed by atoms with E-state index in [1.54, 1.807) is 18.2 Å². The Bertz CT molecular complexity index is 2360. The van der Waals surface area contributed by atoms with Crippen LogP contribution in [-0.4, -0.2) is 85.3 Å². The molecule has 0 bridgehead atoms. The molecule has 2 aromatic carbocycles. The van der Waals surface area contributed by atoms with Crippen LogP contribution in [0.2, 0.25) is 0 Å². The summed E-state index contributed by atoms with van der Waals surface area (Å²) in [6, 6.07) is 14.3. The molecule has 3 aliphatic rings. The van der Waals surface area contributed by atoms with Crippen LogP contribution in [0.3, 0.4) is 0 Å². The molecule has 2 fully saturated rings. The van der Waals surface area contributed by atoms with Gasteiger partial charge in [0, 0.05) is 65.5 Å². The van der Waals surface area contributed by atoms with E-state index in [2.05, 4.69) is 43.9 Å². The number of unbranched alkanes of at least 4 members (excludes halogenated alkanes) is 5. The summed E-state index contributed by atoms with van der Waals surface area (Å²) in [5, 5.41) is 15.4. The molecule has 8 rings (SSSR count). The van der Waals surface area contributed by atoms with Gasteiger partial charge in [0.25, 0.3) is 17.7 Å². The first kappa shape index (κ1) is 37.1. The monoisotopic (exact) mass is 757 g/mol. The van der Waals surface area contributed by atoms with Gasteiger partial charge in [0.15, 0.2) is 0 Å². The average Bonchev–Trinajstić information content (AvgIpc) is 3.95. The van der Waals surface area contributed by atoms with Crippen LogP contribution < -0.4 is 16.0 Å². The van der Waals surface area contributed by atoms with Crippen molar-refractivity contribution in [3.63, 3.8) is 0 Å². The second-order valence-corrected chi connectivity index (χ2v) is 15.2. The third-order valence-corrected chi connectivity index (χ3v) is 11.4. The Hall–Kier alpha value is -5.89. The zero-order chi connectivity index (χ0) is 38.9. The first-order chi connectivity index (χ1) is 27.2. The topological polar surface area (TPSA) is 174 Å². The zero-order valence-electron chi connectivity index (χ0n) is 31.8. The smallest absolute Gasteiger partial charge is 0.264 e. The molecule has 3 aromatic heterocycles. The number of carbonyl (C=O) groups is 5. The van der Waals surface area contributed by atoms with E-state index in [-0.39, 0.29) is 29.9 Å². The molecule has 14 nitrogen and oxygen atoms in total. The van der Waals surface area contributed by atoms with E-state index in [1.165, 1.54) is 12.1 Å². The zero-order valence-corrected chi connectivity index (χ0v) is 31.8. The lowest BCUT2D eigenvalue weighted by atomic mass is 10.0. The van der Waals surface area contributed by atoms with E-state index >= 15 is 0 Å². The van der Waals surface area contributed by atoms with Crippen molar-refractivity contribution in [3.05, 3.63) is 82.8 Å². The summed E-state index contributed by atoms with van der Waals surface area (Å²) in [5.74, 6) is -1.74. The first-order valence-corrected chi connectivity index (χ1v) is 19.7. The predicted octanol–water partition coefficient (Wildman–Crippen LogP) is 6.09. The highest BCUT2D eigenvalue weighted by molar-refractivity contribution is 6.25. The number of carbonyl (C=O) groups excluding carboxylic acids is 5. The lowest BCUT2D eigenvalue weighted by molar-refractivity contribution is -0.136. The maximum Gasteiger partial charge on any atom is 0.264 e. The maximum atomic E-state index is 13.4. The van der Waals surface area contributed by atoms with Crippen LogP contribution >= 0.6 is 0 Å². The summed E-state index contributed by atoms with van der Waals surface area (Å²) < 4.78 is 2.00. The maximum absolute atomic E-state index is 13.4. The Labute approximate surface area is 324 Å². The molecule has 0 aliphatic carbocycles. The molecular formula is C42H47N9O5. The van der Waals surface area contributed by atoms with Gasteiger partial charge in [-0.1, -0.05) is 37.8 Å². The fraction of sp³-hybridized carbons (Fsp3) is 0.405. The number of aryl methyl sites for hydroxylation is 2. The summed E-state index contributed by atoms with van der Waals surface area (Å²) >= 11 is 0. The molecule has 14 heteroatoms. The molecule has 0 saturated carbocycles. The van der Waals surface area contributed by atoms with E-state index in [1.807, 2.05) is 42.1 Å². The molecule has 1 unspecified atom stereocenters. The number of likely N-dealkylation sites (tertiary alicyclic amines) is 1. The number of anilines is 2. The van der Waals surface area contributed by atoms with Crippen molar-refractivity contribution in [1.29, 1.82) is 0 Å². The standard InChI is InChI=1S/C42H47N9O5/c1-25-28-15-14-26(39(53)46-36-23-31-27(24-44-36)21-32(45-31)33-13-10-19-49(33)2)22-35(28)50(48-25)20-8-6-4-3-5-7-18-43-30-12-9-11-29-38(30)42(56)51(41(29)55)34-16-17-37(52)47-40(34)54/h9,11-12,14-15,21-24,33-34,43,45H,3-8,10,13,16-20H2,1-2H3,(H,44,46,53)(H,47,52,54)/t33-,34?/m1/s1. The number of amides is 5. The highest BCUT2D eigenvalue weighted by Gasteiger charge is 2.45. The van der Waals surface area contributed by atoms with Gasteiger partial charge >= 0.3 is 0 Å². The summed E-state index contributed by atoms with van der Waals surface area (Å²) in [6.07, 6.45) is 10.4. The number of benzene rings is 2. The largest absolute Gasteiger partial charge is 0.384 e. The Kier molecular flexibility index (Phi) is 10.4. The third kappa shape index (κ3) is 7.28. The molecule has 2 atom stereocenters. The summed E-state index contributed by atoms with van der Waals surface area (Å²) in [6.45, 7) is 4.48. The predicted molar refractivity (Wildman–Crippen MR) is 212 cm³/mol. The normalized spacial score (nSPS) is 18.6. The summed E-state index contributed by atoms with van der Waals surface area (Å²) in [5.41, 5.74) is 5.69. The number of H-pyrrole nitrogens is 1. The van der Waals surface area contributed by atoms with Crippen LogP contribution in [0.15, 0.2) is 54.7 Å². The van der Waals surface area contributed by atoms with Gasteiger partial charge in [-0.3, -0.25) is 43.8 Å². The minimum Gasteiger partial charge on any atom is -0.384 e. The van der Waals surface area contributed by atoms with Crippen LogP contribution in [-0.2, 0) is 16.1 Å². The molecule has 290 valence electrons. The average molecular weight is 758 g/mol. The summed E-state index contributed by atoms with van der Waals surface area (Å²) in [4.78, 5) is 75.2. The summed E-state index contributed by atoms with van der Waals surface area (Å²) in [7, 11) is 2.15. The van der Waals surface area contributed by atoms with E-state index < -0.39 is 29.7 Å². The number of imide groups is 2. The molecule has 0 radical (unpaired) electrons. The molecule has 0 spiro atoms. The van der Waals surface area contributed by atoms with Crippen LogP contribution in [0.1, 0.15) is 113 Å². The number of aromatic amines is 1. The molecule has 2 saturated heterocycles. The first-order valence-electron chi connectivity index (χ1n) is 19.7. The third-order valence-electron chi connectivity index (χ3n) is 11.4. The Balaban J connectivity index is 0.793. The number of hydrogen-bond acceptors (Lipinski definition) is 9. The quantitative estimate of drug-likeness (QED) is 0.0772. The van der Waals surface area contributed by atoms with Gasteiger partial charge in [0.2, 0.25) is 11.8 Å². The fourth-order valence-electron chi connectivity index (χ4n) is 8.42. The molecule has 5 aromatic rings. The van der Waals surface area contributed by atoms with Crippen LogP contribution in [0.5, 0.6) is 0 Å². The van der Waals surface area contributed by atoms with E-state index in [9.17, 15) is 24.0 Å². The van der Waals surface area contributed by atoms with Crippen molar-refractivity contribution >= 4 is 62.8 Å². The number of aromatic nitrogens is 4. The van der Waals surface area contributed by atoms with Crippen molar-refractivity contribution in [1.82, 2.24) is 34.9 Å². The Morgan fingerprint density at radius 3 is 2.55 bits per heavy atom. The van der Waals surface area contributed by atoms with Gasteiger partial charge in [0.05, 0.1) is 27.9 Å². The molecule has 4 N–H and O–H groups in total. The van der Waals surface area contributed by atoms with E-state index in [0.717, 1.165) is 90.4 Å². The molecule has 56 heavy (non-hydrogen) atoms.